The summed E-state index contributed by atoms with van der Waals surface area (Å²) in [5.74, 6) is 0.766. The molecular formula is C14H22ClN3O. The van der Waals surface area contributed by atoms with Crippen LogP contribution in [0.5, 0.6) is 0 Å². The van der Waals surface area contributed by atoms with E-state index in [4.69, 9.17) is 0 Å². The van der Waals surface area contributed by atoms with Crippen LogP contribution in [0.2, 0.25) is 0 Å². The molecule has 0 amide bonds. The van der Waals surface area contributed by atoms with E-state index < -0.39 is 0 Å². The monoisotopic (exact) mass is 283 g/mol. The Labute approximate surface area is 121 Å². The van der Waals surface area contributed by atoms with E-state index in [0.717, 1.165) is 19.6 Å². The number of carbonyl (C=O) groups is 1. The van der Waals surface area contributed by atoms with Gasteiger partial charge in [-0.1, -0.05) is 6.07 Å². The molecule has 1 aliphatic heterocycles. The van der Waals surface area contributed by atoms with Gasteiger partial charge in [-0.25, -0.2) is 0 Å². The molecular weight excluding hydrogens is 262 g/mol. The first-order chi connectivity index (χ1) is 8.75. The van der Waals surface area contributed by atoms with Gasteiger partial charge in [0, 0.05) is 12.7 Å². The number of hydrogen-bond acceptors (Lipinski definition) is 4. The van der Waals surface area contributed by atoms with Crippen LogP contribution in [0.1, 0.15) is 23.3 Å². The number of Topliss-reactive ketones (excluding diaryl/α,β-unsaturated/α-hetero) is 1. The van der Waals surface area contributed by atoms with Crippen LogP contribution in [0.4, 0.5) is 0 Å². The van der Waals surface area contributed by atoms with Gasteiger partial charge < -0.3 is 5.32 Å². The van der Waals surface area contributed by atoms with Crippen molar-refractivity contribution >= 4 is 18.2 Å². The number of carbonyl (C=O) groups excluding carboxylic acids is 1. The molecule has 1 unspecified atom stereocenters. The second-order valence-corrected chi connectivity index (χ2v) is 5.05. The third-order valence-electron chi connectivity index (χ3n) is 3.33. The van der Waals surface area contributed by atoms with Crippen molar-refractivity contribution in [3.8, 4) is 0 Å². The summed E-state index contributed by atoms with van der Waals surface area (Å²) in [5, 5.41) is 3.40. The van der Waals surface area contributed by atoms with Crippen molar-refractivity contribution in [3.05, 3.63) is 30.1 Å². The van der Waals surface area contributed by atoms with Gasteiger partial charge in [0.1, 0.15) is 5.69 Å². The highest BCUT2D eigenvalue weighted by Gasteiger charge is 2.17. The Morgan fingerprint density at radius 3 is 3.00 bits per heavy atom. The van der Waals surface area contributed by atoms with Crippen LogP contribution in [0, 0.1) is 5.92 Å². The predicted octanol–water partition coefficient (Wildman–Crippen LogP) is 1.62. The lowest BCUT2D eigenvalue weighted by Crippen LogP contribution is -2.38. The summed E-state index contributed by atoms with van der Waals surface area (Å²) in [4.78, 5) is 18.2. The van der Waals surface area contributed by atoms with E-state index in [1.54, 1.807) is 12.3 Å². The van der Waals surface area contributed by atoms with Crippen LogP contribution >= 0.6 is 12.4 Å². The zero-order valence-electron chi connectivity index (χ0n) is 11.3. The Morgan fingerprint density at radius 2 is 2.37 bits per heavy atom. The van der Waals surface area contributed by atoms with Gasteiger partial charge >= 0.3 is 0 Å². The molecule has 1 N–H and O–H groups in total. The number of hydrogen-bond donors (Lipinski definition) is 1. The van der Waals surface area contributed by atoms with Crippen molar-refractivity contribution in [2.75, 3.05) is 33.2 Å². The van der Waals surface area contributed by atoms with Crippen molar-refractivity contribution in [3.63, 3.8) is 0 Å². The fraction of sp³-hybridized carbons (Fsp3) is 0.571. The highest BCUT2D eigenvalue weighted by atomic mass is 35.5. The molecule has 106 valence electrons. The van der Waals surface area contributed by atoms with Crippen molar-refractivity contribution in [2.24, 2.45) is 5.92 Å². The van der Waals surface area contributed by atoms with Gasteiger partial charge in [-0.2, -0.15) is 0 Å². The van der Waals surface area contributed by atoms with Crippen molar-refractivity contribution in [1.82, 2.24) is 15.2 Å². The van der Waals surface area contributed by atoms with E-state index in [1.165, 1.54) is 12.8 Å². The predicted molar refractivity (Wildman–Crippen MR) is 78.9 cm³/mol. The second-order valence-electron chi connectivity index (χ2n) is 5.05. The molecule has 1 aliphatic rings. The Kier molecular flexibility index (Phi) is 6.99. The molecule has 19 heavy (non-hydrogen) atoms. The van der Waals surface area contributed by atoms with Crippen LogP contribution in [0.15, 0.2) is 24.4 Å². The topological polar surface area (TPSA) is 45.2 Å². The summed E-state index contributed by atoms with van der Waals surface area (Å²) >= 11 is 0. The Morgan fingerprint density at radius 1 is 1.53 bits per heavy atom. The molecule has 1 saturated heterocycles. The van der Waals surface area contributed by atoms with Crippen LogP contribution in [-0.4, -0.2) is 48.9 Å². The first-order valence-electron chi connectivity index (χ1n) is 6.59. The second kappa shape index (κ2) is 8.25. The standard InChI is InChI=1S/C14H21N3O.ClH/c1-17(10-12-5-4-7-15-9-12)11-14(18)13-6-2-3-8-16-13;/h2-3,6,8,12,15H,4-5,7,9-11H2,1H3;1H. The number of piperidine rings is 1. The van der Waals surface area contributed by atoms with Crippen molar-refractivity contribution in [2.45, 2.75) is 12.8 Å². The molecule has 0 aromatic carbocycles. The number of rotatable bonds is 5. The summed E-state index contributed by atoms with van der Waals surface area (Å²) in [6.07, 6.45) is 4.17. The minimum Gasteiger partial charge on any atom is -0.316 e. The van der Waals surface area contributed by atoms with Crippen LogP contribution in [0.3, 0.4) is 0 Å². The normalized spacial score (nSPS) is 18.9. The molecule has 2 heterocycles. The Bertz CT molecular complexity index is 380. The van der Waals surface area contributed by atoms with Gasteiger partial charge in [0.2, 0.25) is 0 Å². The quantitative estimate of drug-likeness (QED) is 0.834. The van der Waals surface area contributed by atoms with Gasteiger partial charge in [0.15, 0.2) is 5.78 Å². The van der Waals surface area contributed by atoms with E-state index in [2.05, 4.69) is 15.2 Å². The maximum Gasteiger partial charge on any atom is 0.195 e. The molecule has 2 rings (SSSR count). The lowest BCUT2D eigenvalue weighted by molar-refractivity contribution is 0.0929. The Hall–Kier alpha value is -0.970. The molecule has 0 radical (unpaired) electrons. The van der Waals surface area contributed by atoms with E-state index >= 15 is 0 Å². The molecule has 1 fully saturated rings. The number of nitrogens with one attached hydrogen (secondary N) is 1. The van der Waals surface area contributed by atoms with Crippen molar-refractivity contribution < 1.29 is 4.79 Å². The maximum atomic E-state index is 12.0. The largest absolute Gasteiger partial charge is 0.316 e. The molecule has 0 aliphatic carbocycles. The SMILES string of the molecule is CN(CC(=O)c1ccccn1)CC1CCCNC1.Cl. The zero-order chi connectivity index (χ0) is 12.8. The van der Waals surface area contributed by atoms with Crippen LogP contribution in [-0.2, 0) is 0 Å². The Balaban J connectivity index is 0.00000180. The minimum absolute atomic E-state index is 0. The number of ketones is 1. The number of aromatic nitrogens is 1. The third kappa shape index (κ3) is 5.27. The van der Waals surface area contributed by atoms with E-state index in [9.17, 15) is 4.79 Å². The number of halogens is 1. The number of pyridine rings is 1. The van der Waals surface area contributed by atoms with E-state index in [0.29, 0.717) is 18.2 Å². The van der Waals surface area contributed by atoms with E-state index in [-0.39, 0.29) is 18.2 Å². The van der Waals surface area contributed by atoms with Crippen LogP contribution in [0.25, 0.3) is 0 Å². The first kappa shape index (κ1) is 16.1. The maximum absolute atomic E-state index is 12.0. The summed E-state index contributed by atoms with van der Waals surface area (Å²) in [6.45, 7) is 3.63. The summed E-state index contributed by atoms with van der Waals surface area (Å²) in [7, 11) is 2.01. The highest BCUT2D eigenvalue weighted by Crippen LogP contribution is 2.11. The molecule has 1 atom stereocenters. The highest BCUT2D eigenvalue weighted by molar-refractivity contribution is 5.95. The fourth-order valence-electron chi connectivity index (χ4n) is 2.44. The number of nitrogens with zero attached hydrogens (tertiary/aromatic N) is 2. The summed E-state index contributed by atoms with van der Waals surface area (Å²) < 4.78 is 0. The van der Waals surface area contributed by atoms with E-state index in [1.807, 2.05) is 19.2 Å². The molecule has 4 nitrogen and oxygen atoms in total. The van der Waals surface area contributed by atoms with Gasteiger partial charge in [-0.15, -0.1) is 12.4 Å². The molecule has 0 bridgehead atoms. The molecule has 0 saturated carbocycles. The molecule has 1 aromatic heterocycles. The lowest BCUT2D eigenvalue weighted by atomic mass is 9.99. The van der Waals surface area contributed by atoms with Gasteiger partial charge in [-0.3, -0.25) is 14.7 Å². The first-order valence-corrected chi connectivity index (χ1v) is 6.59. The van der Waals surface area contributed by atoms with Gasteiger partial charge in [-0.05, 0) is 51.0 Å². The smallest absolute Gasteiger partial charge is 0.195 e. The zero-order valence-corrected chi connectivity index (χ0v) is 12.2. The fourth-order valence-corrected chi connectivity index (χ4v) is 2.44. The van der Waals surface area contributed by atoms with Crippen LogP contribution < -0.4 is 5.32 Å². The molecule has 1 aromatic rings. The summed E-state index contributed by atoms with van der Waals surface area (Å²) in [5.41, 5.74) is 0.561. The summed E-state index contributed by atoms with van der Waals surface area (Å²) in [6, 6.07) is 5.46. The average molecular weight is 284 g/mol. The van der Waals surface area contributed by atoms with Gasteiger partial charge in [0.25, 0.3) is 0 Å². The molecule has 0 spiro atoms. The third-order valence-corrected chi connectivity index (χ3v) is 3.33. The average Bonchev–Trinajstić information content (AvgIpc) is 2.40. The lowest BCUT2D eigenvalue weighted by Gasteiger charge is -2.27. The molecule has 5 heteroatoms. The number of likely N-dealkylation sites (N-methyl/N-ethyl adjacent to an activating group) is 1. The minimum atomic E-state index is 0. The van der Waals surface area contributed by atoms with Crippen molar-refractivity contribution in [1.29, 1.82) is 0 Å². The van der Waals surface area contributed by atoms with Gasteiger partial charge in [0.05, 0.1) is 6.54 Å².